The van der Waals surface area contributed by atoms with E-state index in [4.69, 9.17) is 0 Å². The van der Waals surface area contributed by atoms with E-state index in [2.05, 4.69) is 5.32 Å². The largest absolute Gasteiger partial charge is 0.320 e. The predicted octanol–water partition coefficient (Wildman–Crippen LogP) is 2.51. The van der Waals surface area contributed by atoms with Crippen molar-refractivity contribution >= 4 is 0 Å². The molecule has 0 aliphatic rings. The van der Waals surface area contributed by atoms with E-state index in [1.165, 1.54) is 12.1 Å². The third-order valence-corrected chi connectivity index (χ3v) is 2.14. The lowest BCUT2D eigenvalue weighted by Gasteiger charge is -2.03. The van der Waals surface area contributed by atoms with Crippen molar-refractivity contribution in [1.82, 2.24) is 5.32 Å². The second-order valence-corrected chi connectivity index (χ2v) is 3.30. The van der Waals surface area contributed by atoms with Crippen LogP contribution in [0.1, 0.15) is 18.4 Å². The number of rotatable bonds is 5. The van der Waals surface area contributed by atoms with E-state index in [0.717, 1.165) is 25.5 Å². The molecule has 3 heteroatoms. The normalized spacial score (nSPS) is 10.5. The third-order valence-electron chi connectivity index (χ3n) is 2.14. The van der Waals surface area contributed by atoms with Gasteiger partial charge in [-0.1, -0.05) is 6.07 Å². The van der Waals surface area contributed by atoms with Crippen LogP contribution < -0.4 is 5.32 Å². The highest BCUT2D eigenvalue weighted by Gasteiger charge is 2.02. The highest BCUT2D eigenvalue weighted by molar-refractivity contribution is 5.18. The van der Waals surface area contributed by atoms with E-state index in [1.54, 1.807) is 0 Å². The number of halogens is 2. The van der Waals surface area contributed by atoms with Crippen molar-refractivity contribution in [3.63, 3.8) is 0 Å². The molecule has 0 amide bonds. The van der Waals surface area contributed by atoms with E-state index in [0.29, 0.717) is 12.0 Å². The Hall–Kier alpha value is -0.960. The molecule has 0 heterocycles. The molecule has 0 radical (unpaired) electrons. The molecule has 78 valence electrons. The van der Waals surface area contributed by atoms with Crippen molar-refractivity contribution in [3.8, 4) is 0 Å². The van der Waals surface area contributed by atoms with E-state index in [1.807, 2.05) is 7.05 Å². The minimum Gasteiger partial charge on any atom is -0.320 e. The molecule has 1 nitrogen and oxygen atoms in total. The summed E-state index contributed by atoms with van der Waals surface area (Å²) in [5.74, 6) is -0.948. The zero-order valence-electron chi connectivity index (χ0n) is 8.32. The molecule has 0 fully saturated rings. The highest BCUT2D eigenvalue weighted by Crippen LogP contribution is 2.12. The summed E-state index contributed by atoms with van der Waals surface area (Å²) >= 11 is 0. The van der Waals surface area contributed by atoms with Crippen LogP contribution in [0.15, 0.2) is 18.2 Å². The lowest BCUT2D eigenvalue weighted by molar-refractivity contribution is 0.565. The number of unbranched alkanes of at least 4 members (excludes halogenated alkanes) is 1. The van der Waals surface area contributed by atoms with Gasteiger partial charge in [0.15, 0.2) is 0 Å². The SMILES string of the molecule is CNCCCCc1ccc(F)cc1F. The molecule has 0 bridgehead atoms. The number of hydrogen-bond donors (Lipinski definition) is 1. The van der Waals surface area contributed by atoms with Crippen LogP contribution in [-0.4, -0.2) is 13.6 Å². The van der Waals surface area contributed by atoms with Crippen LogP contribution in [0.5, 0.6) is 0 Å². The van der Waals surface area contributed by atoms with E-state index in [-0.39, 0.29) is 0 Å². The fourth-order valence-corrected chi connectivity index (χ4v) is 1.34. The van der Waals surface area contributed by atoms with Gasteiger partial charge in [0.25, 0.3) is 0 Å². The third kappa shape index (κ3) is 3.42. The smallest absolute Gasteiger partial charge is 0.129 e. The Morgan fingerprint density at radius 2 is 2.00 bits per heavy atom. The lowest BCUT2D eigenvalue weighted by Crippen LogP contribution is -2.07. The van der Waals surface area contributed by atoms with Crippen LogP contribution in [-0.2, 0) is 6.42 Å². The van der Waals surface area contributed by atoms with Gasteiger partial charge in [-0.3, -0.25) is 0 Å². The van der Waals surface area contributed by atoms with Crippen LogP contribution in [0.25, 0.3) is 0 Å². The fraction of sp³-hybridized carbons (Fsp3) is 0.455. The molecular weight excluding hydrogens is 184 g/mol. The number of aryl methyl sites for hydroxylation is 1. The molecule has 1 N–H and O–H groups in total. The zero-order chi connectivity index (χ0) is 10.4. The number of benzene rings is 1. The second-order valence-electron chi connectivity index (χ2n) is 3.30. The summed E-state index contributed by atoms with van der Waals surface area (Å²) in [5, 5.41) is 3.02. The summed E-state index contributed by atoms with van der Waals surface area (Å²) in [7, 11) is 1.89. The first-order chi connectivity index (χ1) is 6.74. The van der Waals surface area contributed by atoms with Crippen molar-refractivity contribution in [2.75, 3.05) is 13.6 Å². The molecule has 0 atom stereocenters. The lowest BCUT2D eigenvalue weighted by atomic mass is 10.1. The Labute approximate surface area is 83.1 Å². The molecule has 1 aromatic carbocycles. The van der Waals surface area contributed by atoms with E-state index in [9.17, 15) is 8.78 Å². The predicted molar refractivity (Wildman–Crippen MR) is 53.2 cm³/mol. The van der Waals surface area contributed by atoms with Crippen LogP contribution in [0, 0.1) is 11.6 Å². The van der Waals surface area contributed by atoms with Crippen molar-refractivity contribution in [2.24, 2.45) is 0 Å². The molecule has 0 saturated heterocycles. The van der Waals surface area contributed by atoms with Gasteiger partial charge in [0, 0.05) is 6.07 Å². The molecule has 0 aliphatic carbocycles. The number of nitrogens with one attached hydrogen (secondary N) is 1. The first kappa shape index (κ1) is 11.1. The number of hydrogen-bond acceptors (Lipinski definition) is 1. The van der Waals surface area contributed by atoms with Crippen LogP contribution in [0.2, 0.25) is 0 Å². The monoisotopic (exact) mass is 199 g/mol. The molecule has 0 aliphatic heterocycles. The Morgan fingerprint density at radius 3 is 2.64 bits per heavy atom. The molecule has 14 heavy (non-hydrogen) atoms. The van der Waals surface area contributed by atoms with Gasteiger partial charge in [-0.05, 0) is 44.5 Å². The molecule has 1 rings (SSSR count). The van der Waals surface area contributed by atoms with Crippen molar-refractivity contribution in [2.45, 2.75) is 19.3 Å². The summed E-state index contributed by atoms with van der Waals surface area (Å²) in [6, 6.07) is 3.76. The molecule has 0 spiro atoms. The zero-order valence-corrected chi connectivity index (χ0v) is 8.32. The average molecular weight is 199 g/mol. The average Bonchev–Trinajstić information content (AvgIpc) is 2.15. The maximum Gasteiger partial charge on any atom is 0.129 e. The first-order valence-electron chi connectivity index (χ1n) is 4.82. The van der Waals surface area contributed by atoms with Gasteiger partial charge in [0.2, 0.25) is 0 Å². The molecule has 0 saturated carbocycles. The maximum absolute atomic E-state index is 13.1. The quantitative estimate of drug-likeness (QED) is 0.718. The van der Waals surface area contributed by atoms with Crippen LogP contribution in [0.3, 0.4) is 0 Å². The van der Waals surface area contributed by atoms with Gasteiger partial charge >= 0.3 is 0 Å². The van der Waals surface area contributed by atoms with E-state index < -0.39 is 11.6 Å². The summed E-state index contributed by atoms with van der Waals surface area (Å²) in [4.78, 5) is 0. The minimum atomic E-state index is -0.513. The molecular formula is C11H15F2N. The molecule has 1 aromatic rings. The second kappa shape index (κ2) is 5.70. The van der Waals surface area contributed by atoms with Crippen LogP contribution >= 0.6 is 0 Å². The van der Waals surface area contributed by atoms with Crippen molar-refractivity contribution in [1.29, 1.82) is 0 Å². The standard InChI is InChI=1S/C11H15F2N/c1-14-7-3-2-4-9-5-6-10(12)8-11(9)13/h5-6,8,14H,2-4,7H2,1H3. The van der Waals surface area contributed by atoms with Gasteiger partial charge < -0.3 is 5.32 Å². The minimum absolute atomic E-state index is 0.436. The fourth-order valence-electron chi connectivity index (χ4n) is 1.34. The summed E-state index contributed by atoms with van der Waals surface area (Å²) in [6.45, 7) is 0.933. The maximum atomic E-state index is 13.1. The summed E-state index contributed by atoms with van der Waals surface area (Å²) in [5.41, 5.74) is 0.600. The summed E-state index contributed by atoms with van der Waals surface area (Å²) in [6.07, 6.45) is 2.60. The van der Waals surface area contributed by atoms with Crippen LogP contribution in [0.4, 0.5) is 8.78 Å². The Bertz CT molecular complexity index is 287. The topological polar surface area (TPSA) is 12.0 Å². The summed E-state index contributed by atoms with van der Waals surface area (Å²) < 4.78 is 25.6. The van der Waals surface area contributed by atoms with Crippen molar-refractivity contribution < 1.29 is 8.78 Å². The van der Waals surface area contributed by atoms with Crippen molar-refractivity contribution in [3.05, 3.63) is 35.4 Å². The van der Waals surface area contributed by atoms with Gasteiger partial charge in [-0.15, -0.1) is 0 Å². The highest BCUT2D eigenvalue weighted by atomic mass is 19.1. The van der Waals surface area contributed by atoms with E-state index >= 15 is 0 Å². The van der Waals surface area contributed by atoms with Gasteiger partial charge in [-0.2, -0.15) is 0 Å². The Kier molecular flexibility index (Phi) is 4.53. The Morgan fingerprint density at radius 1 is 1.21 bits per heavy atom. The molecule has 0 unspecified atom stereocenters. The molecule has 0 aromatic heterocycles. The van der Waals surface area contributed by atoms with Gasteiger partial charge in [0.1, 0.15) is 11.6 Å². The first-order valence-corrected chi connectivity index (χ1v) is 4.82. The Balaban J connectivity index is 2.42. The van der Waals surface area contributed by atoms with Gasteiger partial charge in [0.05, 0.1) is 0 Å². The van der Waals surface area contributed by atoms with Gasteiger partial charge in [-0.25, -0.2) is 8.78 Å².